The number of hydrogen-bond acceptors (Lipinski definition) is 4. The van der Waals surface area contributed by atoms with Gasteiger partial charge in [-0.15, -0.1) is 0 Å². The van der Waals surface area contributed by atoms with E-state index in [-0.39, 0.29) is 29.4 Å². The molecule has 0 spiro atoms. The summed E-state index contributed by atoms with van der Waals surface area (Å²) in [5.41, 5.74) is 0.142. The van der Waals surface area contributed by atoms with Crippen molar-refractivity contribution >= 4 is 15.7 Å². The van der Waals surface area contributed by atoms with Gasteiger partial charge in [0.15, 0.2) is 9.84 Å². The topological polar surface area (TPSA) is 66.5 Å². The molecular weight excluding hydrogens is 355 g/mol. The molecular formula is C19H29FN2O3S. The Morgan fingerprint density at radius 3 is 2.65 bits per heavy atom. The van der Waals surface area contributed by atoms with E-state index >= 15 is 0 Å². The lowest BCUT2D eigenvalue weighted by atomic mass is 9.99. The fraction of sp³-hybridized carbons (Fsp3) is 0.632. The summed E-state index contributed by atoms with van der Waals surface area (Å²) in [4.78, 5) is 14.2. The van der Waals surface area contributed by atoms with E-state index in [1.54, 1.807) is 6.07 Å². The predicted octanol–water partition coefficient (Wildman–Crippen LogP) is 2.37. The van der Waals surface area contributed by atoms with E-state index in [0.717, 1.165) is 32.0 Å². The highest BCUT2D eigenvalue weighted by atomic mass is 32.2. The minimum absolute atomic E-state index is 0.0853. The number of amides is 1. The standard InChI is InChI=1S/C19H29FN2O3S/c1-16-7-12-22(13-8-16)11-4-10-21-19(23)9-14-26(24,25)15-17-5-2-3-6-18(17)20/h2-3,5-6,16H,4,7-15H2,1H3,(H,21,23). The molecule has 7 heteroatoms. The number of benzene rings is 1. The average Bonchev–Trinajstić information content (AvgIpc) is 2.60. The van der Waals surface area contributed by atoms with Crippen LogP contribution in [0.1, 0.15) is 38.2 Å². The number of carbonyl (C=O) groups is 1. The van der Waals surface area contributed by atoms with Crippen molar-refractivity contribution in [2.45, 2.75) is 38.4 Å². The minimum atomic E-state index is -3.51. The Hall–Kier alpha value is -1.47. The Bertz CT molecular complexity index is 686. The molecule has 26 heavy (non-hydrogen) atoms. The minimum Gasteiger partial charge on any atom is -0.356 e. The molecule has 0 atom stereocenters. The first-order chi connectivity index (χ1) is 12.4. The molecule has 0 radical (unpaired) electrons. The highest BCUT2D eigenvalue weighted by molar-refractivity contribution is 7.90. The second-order valence-corrected chi connectivity index (χ2v) is 9.35. The molecule has 1 amide bonds. The maximum Gasteiger partial charge on any atom is 0.221 e. The molecule has 5 nitrogen and oxygen atoms in total. The van der Waals surface area contributed by atoms with Crippen molar-refractivity contribution in [2.24, 2.45) is 5.92 Å². The third-order valence-electron chi connectivity index (χ3n) is 4.82. The fourth-order valence-electron chi connectivity index (χ4n) is 3.08. The molecule has 0 aromatic heterocycles. The van der Waals surface area contributed by atoms with Gasteiger partial charge in [-0.3, -0.25) is 4.79 Å². The lowest BCUT2D eigenvalue weighted by Gasteiger charge is -2.30. The van der Waals surface area contributed by atoms with Gasteiger partial charge in [0.2, 0.25) is 5.91 Å². The molecule has 1 aromatic rings. The Morgan fingerprint density at radius 2 is 1.96 bits per heavy atom. The van der Waals surface area contributed by atoms with Crippen molar-refractivity contribution in [3.63, 3.8) is 0 Å². The molecule has 0 saturated carbocycles. The number of carbonyl (C=O) groups excluding carboxylic acids is 1. The highest BCUT2D eigenvalue weighted by Crippen LogP contribution is 2.15. The van der Waals surface area contributed by atoms with E-state index in [4.69, 9.17) is 0 Å². The summed E-state index contributed by atoms with van der Waals surface area (Å²) in [6, 6.07) is 5.81. The number of halogens is 1. The normalized spacial score (nSPS) is 16.5. The number of nitrogens with one attached hydrogen (secondary N) is 1. The largest absolute Gasteiger partial charge is 0.356 e. The van der Waals surface area contributed by atoms with Gasteiger partial charge in [0, 0.05) is 18.5 Å². The summed E-state index contributed by atoms with van der Waals surface area (Å²) in [5, 5.41) is 2.77. The number of likely N-dealkylation sites (tertiary alicyclic amines) is 1. The summed E-state index contributed by atoms with van der Waals surface area (Å²) in [7, 11) is -3.51. The molecule has 1 aromatic carbocycles. The molecule has 1 aliphatic heterocycles. The molecule has 0 unspecified atom stereocenters. The SMILES string of the molecule is CC1CCN(CCCNC(=O)CCS(=O)(=O)Cc2ccccc2F)CC1. The zero-order valence-corrected chi connectivity index (χ0v) is 16.2. The van der Waals surface area contributed by atoms with Crippen molar-refractivity contribution in [1.82, 2.24) is 10.2 Å². The first-order valence-electron chi connectivity index (χ1n) is 9.28. The van der Waals surface area contributed by atoms with Crippen LogP contribution in [0.3, 0.4) is 0 Å². The van der Waals surface area contributed by atoms with Gasteiger partial charge in [-0.05, 0) is 50.9 Å². The van der Waals surface area contributed by atoms with E-state index in [0.29, 0.717) is 6.54 Å². The first-order valence-corrected chi connectivity index (χ1v) is 11.1. The van der Waals surface area contributed by atoms with Crippen LogP contribution < -0.4 is 5.32 Å². The van der Waals surface area contributed by atoms with Crippen molar-refractivity contribution in [2.75, 3.05) is 31.9 Å². The van der Waals surface area contributed by atoms with Gasteiger partial charge >= 0.3 is 0 Å². The maximum atomic E-state index is 13.6. The maximum absolute atomic E-state index is 13.6. The Balaban J connectivity index is 1.62. The van der Waals surface area contributed by atoms with Crippen LogP contribution in [-0.4, -0.2) is 51.2 Å². The molecule has 146 valence electrons. The van der Waals surface area contributed by atoms with Crippen LogP contribution in [0.5, 0.6) is 0 Å². The molecule has 0 aliphatic carbocycles. The van der Waals surface area contributed by atoms with Gasteiger partial charge in [0.1, 0.15) is 5.82 Å². The summed E-state index contributed by atoms with van der Waals surface area (Å²) in [6.07, 6.45) is 3.23. The van der Waals surface area contributed by atoms with Gasteiger partial charge in [-0.25, -0.2) is 12.8 Å². The van der Waals surface area contributed by atoms with Crippen molar-refractivity contribution in [3.8, 4) is 0 Å². The molecule has 1 aliphatic rings. The highest BCUT2D eigenvalue weighted by Gasteiger charge is 2.17. The third kappa shape index (κ3) is 7.41. The number of hydrogen-bond donors (Lipinski definition) is 1. The third-order valence-corrected chi connectivity index (χ3v) is 6.40. The van der Waals surface area contributed by atoms with Crippen molar-refractivity contribution in [1.29, 1.82) is 0 Å². The van der Waals surface area contributed by atoms with Gasteiger partial charge in [-0.2, -0.15) is 0 Å². The van der Waals surface area contributed by atoms with Crippen molar-refractivity contribution < 1.29 is 17.6 Å². The van der Waals surface area contributed by atoms with E-state index < -0.39 is 15.7 Å². The second kappa shape index (κ2) is 10.0. The molecule has 1 heterocycles. The summed E-state index contributed by atoms with van der Waals surface area (Å²) < 4.78 is 37.7. The average molecular weight is 385 g/mol. The van der Waals surface area contributed by atoms with Gasteiger partial charge in [0.25, 0.3) is 0 Å². The first kappa shape index (κ1) is 20.8. The Morgan fingerprint density at radius 1 is 1.27 bits per heavy atom. The van der Waals surface area contributed by atoms with Crippen LogP contribution in [-0.2, 0) is 20.4 Å². The van der Waals surface area contributed by atoms with Crippen LogP contribution >= 0.6 is 0 Å². The lowest BCUT2D eigenvalue weighted by molar-refractivity contribution is -0.120. The monoisotopic (exact) mass is 384 g/mol. The van der Waals surface area contributed by atoms with Crippen LogP contribution in [0, 0.1) is 11.7 Å². The molecule has 1 saturated heterocycles. The zero-order valence-electron chi connectivity index (χ0n) is 15.4. The Labute approximate surface area is 155 Å². The van der Waals surface area contributed by atoms with Gasteiger partial charge in [0.05, 0.1) is 11.5 Å². The van der Waals surface area contributed by atoms with E-state index in [1.165, 1.54) is 31.0 Å². The van der Waals surface area contributed by atoms with Crippen LogP contribution in [0.4, 0.5) is 4.39 Å². The second-order valence-electron chi connectivity index (χ2n) is 7.16. The Kier molecular flexibility index (Phi) is 8.03. The molecule has 1 N–H and O–H groups in total. The van der Waals surface area contributed by atoms with Crippen LogP contribution in [0.15, 0.2) is 24.3 Å². The van der Waals surface area contributed by atoms with Crippen LogP contribution in [0.25, 0.3) is 0 Å². The fourth-order valence-corrected chi connectivity index (χ4v) is 4.43. The summed E-state index contributed by atoms with van der Waals surface area (Å²) in [5.74, 6) is -0.642. The quantitative estimate of drug-likeness (QED) is 0.664. The number of sulfone groups is 1. The van der Waals surface area contributed by atoms with E-state index in [1.807, 2.05) is 0 Å². The number of rotatable bonds is 9. The lowest BCUT2D eigenvalue weighted by Crippen LogP contribution is -2.35. The summed E-state index contributed by atoms with van der Waals surface area (Å²) >= 11 is 0. The van der Waals surface area contributed by atoms with Crippen molar-refractivity contribution in [3.05, 3.63) is 35.6 Å². The number of piperidine rings is 1. The van der Waals surface area contributed by atoms with E-state index in [9.17, 15) is 17.6 Å². The van der Waals surface area contributed by atoms with Crippen LogP contribution in [0.2, 0.25) is 0 Å². The van der Waals surface area contributed by atoms with Gasteiger partial charge < -0.3 is 10.2 Å². The van der Waals surface area contributed by atoms with Gasteiger partial charge in [-0.1, -0.05) is 25.1 Å². The number of nitrogens with zero attached hydrogens (tertiary/aromatic N) is 1. The summed E-state index contributed by atoms with van der Waals surface area (Å²) in [6.45, 7) is 6.02. The predicted molar refractivity (Wildman–Crippen MR) is 101 cm³/mol. The molecule has 0 bridgehead atoms. The molecule has 2 rings (SSSR count). The smallest absolute Gasteiger partial charge is 0.221 e. The molecule has 1 fully saturated rings. The van der Waals surface area contributed by atoms with E-state index in [2.05, 4.69) is 17.1 Å². The zero-order chi connectivity index (χ0) is 19.0.